The topological polar surface area (TPSA) is 29.5 Å². The van der Waals surface area contributed by atoms with Gasteiger partial charge in [-0.3, -0.25) is 0 Å². The molecule has 1 aromatic rings. The van der Waals surface area contributed by atoms with Crippen LogP contribution >= 0.6 is 0 Å². The van der Waals surface area contributed by atoms with Crippen molar-refractivity contribution >= 4 is 0 Å². The molecule has 3 heteroatoms. The molecule has 1 aliphatic heterocycles. The van der Waals surface area contributed by atoms with Crippen molar-refractivity contribution in [3.63, 3.8) is 0 Å². The predicted molar refractivity (Wildman–Crippen MR) is 71.2 cm³/mol. The molecule has 1 N–H and O–H groups in total. The Balaban J connectivity index is 1.72. The fourth-order valence-corrected chi connectivity index (χ4v) is 3.64. The molecule has 2 fully saturated rings. The van der Waals surface area contributed by atoms with Crippen molar-refractivity contribution < 1.29 is 14.2 Å². The van der Waals surface area contributed by atoms with Crippen LogP contribution in [0.4, 0.5) is 4.39 Å². The third-order valence-corrected chi connectivity index (χ3v) is 4.70. The lowest BCUT2D eigenvalue weighted by Crippen LogP contribution is -2.39. The van der Waals surface area contributed by atoms with Crippen LogP contribution in [0.15, 0.2) is 24.3 Å². The molecule has 1 saturated heterocycles. The highest BCUT2D eigenvalue weighted by molar-refractivity contribution is 5.19. The average Bonchev–Trinajstić information content (AvgIpc) is 2.87. The molecule has 1 saturated carbocycles. The number of rotatable bonds is 2. The van der Waals surface area contributed by atoms with Gasteiger partial charge in [0.15, 0.2) is 0 Å². The summed E-state index contributed by atoms with van der Waals surface area (Å²) in [5.41, 5.74) is 0.839. The molecule has 1 aliphatic carbocycles. The molecule has 1 heterocycles. The molecule has 0 radical (unpaired) electrons. The van der Waals surface area contributed by atoms with Gasteiger partial charge in [0.05, 0.1) is 11.7 Å². The quantitative estimate of drug-likeness (QED) is 0.884. The molecule has 0 amide bonds. The van der Waals surface area contributed by atoms with Gasteiger partial charge in [-0.05, 0) is 49.3 Å². The Labute approximate surface area is 113 Å². The second-order valence-corrected chi connectivity index (χ2v) is 5.99. The highest BCUT2D eigenvalue weighted by Gasteiger charge is 2.41. The zero-order chi connectivity index (χ0) is 13.3. The first-order valence-electron chi connectivity index (χ1n) is 7.26. The van der Waals surface area contributed by atoms with Crippen LogP contribution in [-0.2, 0) is 4.74 Å². The molecule has 1 spiro atoms. The third-order valence-electron chi connectivity index (χ3n) is 4.70. The van der Waals surface area contributed by atoms with Crippen molar-refractivity contribution in [1.82, 2.24) is 0 Å². The maximum atomic E-state index is 12.9. The van der Waals surface area contributed by atoms with E-state index in [1.54, 1.807) is 12.1 Å². The number of hydrogen-bond donors (Lipinski definition) is 1. The van der Waals surface area contributed by atoms with Crippen LogP contribution < -0.4 is 0 Å². The van der Waals surface area contributed by atoms with Crippen LogP contribution in [0.5, 0.6) is 0 Å². The largest absolute Gasteiger partial charge is 0.388 e. The Morgan fingerprint density at radius 1 is 1.21 bits per heavy atom. The fourth-order valence-electron chi connectivity index (χ4n) is 3.64. The predicted octanol–water partition coefficient (Wildman–Crippen LogP) is 3.60. The number of aliphatic hydroxyl groups excluding tert-OH is 1. The van der Waals surface area contributed by atoms with Crippen LogP contribution in [0.3, 0.4) is 0 Å². The number of ether oxygens (including phenoxy) is 1. The van der Waals surface area contributed by atoms with Crippen molar-refractivity contribution in [3.8, 4) is 0 Å². The van der Waals surface area contributed by atoms with E-state index < -0.39 is 6.10 Å². The van der Waals surface area contributed by atoms with E-state index in [4.69, 9.17) is 4.74 Å². The maximum absolute atomic E-state index is 12.9. The van der Waals surface area contributed by atoms with Crippen molar-refractivity contribution in [3.05, 3.63) is 35.6 Å². The van der Waals surface area contributed by atoms with E-state index in [9.17, 15) is 9.50 Å². The zero-order valence-electron chi connectivity index (χ0n) is 11.1. The van der Waals surface area contributed by atoms with Crippen molar-refractivity contribution in [1.29, 1.82) is 0 Å². The van der Waals surface area contributed by atoms with E-state index >= 15 is 0 Å². The van der Waals surface area contributed by atoms with E-state index in [1.807, 2.05) is 0 Å². The standard InChI is InChI=1S/C16H21FO2/c17-14-5-3-12(4-6-14)15(18)13-7-10-19-16(11-13)8-1-2-9-16/h3-6,13,15,18H,1-2,7-11H2. The first kappa shape index (κ1) is 13.1. The molecule has 0 bridgehead atoms. The van der Waals surface area contributed by atoms with Gasteiger partial charge in [0.2, 0.25) is 0 Å². The Hall–Kier alpha value is -0.930. The summed E-state index contributed by atoms with van der Waals surface area (Å²) in [5.74, 6) is -0.0208. The van der Waals surface area contributed by atoms with E-state index in [0.717, 1.165) is 37.9 Å². The van der Waals surface area contributed by atoms with Gasteiger partial charge in [-0.1, -0.05) is 25.0 Å². The Morgan fingerprint density at radius 3 is 2.58 bits per heavy atom. The molecule has 2 atom stereocenters. The summed E-state index contributed by atoms with van der Waals surface area (Å²) in [6.45, 7) is 0.739. The minimum atomic E-state index is -0.498. The summed E-state index contributed by atoms with van der Waals surface area (Å²) in [6.07, 6.45) is 6.05. The van der Waals surface area contributed by atoms with Crippen molar-refractivity contribution in [2.75, 3.05) is 6.61 Å². The summed E-state index contributed by atoms with van der Waals surface area (Å²) >= 11 is 0. The van der Waals surface area contributed by atoms with E-state index in [0.29, 0.717) is 0 Å². The summed E-state index contributed by atoms with van der Waals surface area (Å²) in [4.78, 5) is 0. The first-order valence-corrected chi connectivity index (χ1v) is 7.26. The van der Waals surface area contributed by atoms with Crippen molar-refractivity contribution in [2.24, 2.45) is 5.92 Å². The fraction of sp³-hybridized carbons (Fsp3) is 0.625. The SMILES string of the molecule is OC(c1ccc(F)cc1)C1CCOC2(CCCC2)C1. The Morgan fingerprint density at radius 2 is 1.89 bits per heavy atom. The Bertz CT molecular complexity index is 423. The third kappa shape index (κ3) is 2.67. The maximum Gasteiger partial charge on any atom is 0.123 e. The minimum absolute atomic E-state index is 0.0178. The van der Waals surface area contributed by atoms with Gasteiger partial charge in [0, 0.05) is 6.61 Å². The van der Waals surface area contributed by atoms with Crippen LogP contribution in [0.1, 0.15) is 50.2 Å². The highest BCUT2D eigenvalue weighted by atomic mass is 19.1. The van der Waals surface area contributed by atoms with Crippen LogP contribution in [0.25, 0.3) is 0 Å². The normalized spacial score (nSPS) is 27.6. The van der Waals surface area contributed by atoms with Gasteiger partial charge in [0.25, 0.3) is 0 Å². The smallest absolute Gasteiger partial charge is 0.123 e. The average molecular weight is 264 g/mol. The number of hydrogen-bond acceptors (Lipinski definition) is 2. The van der Waals surface area contributed by atoms with Gasteiger partial charge in [0.1, 0.15) is 5.82 Å². The summed E-state index contributed by atoms with van der Waals surface area (Å²) in [7, 11) is 0. The molecule has 3 rings (SSSR count). The molecule has 1 aromatic carbocycles. The summed E-state index contributed by atoms with van der Waals surface area (Å²) in [5, 5.41) is 10.5. The minimum Gasteiger partial charge on any atom is -0.388 e. The lowest BCUT2D eigenvalue weighted by Gasteiger charge is -2.40. The van der Waals surface area contributed by atoms with Gasteiger partial charge in [-0.25, -0.2) is 4.39 Å². The number of halogens is 1. The van der Waals surface area contributed by atoms with Gasteiger partial charge in [-0.2, -0.15) is 0 Å². The monoisotopic (exact) mass is 264 g/mol. The molecule has 2 nitrogen and oxygen atoms in total. The summed E-state index contributed by atoms with van der Waals surface area (Å²) < 4.78 is 18.9. The van der Waals surface area contributed by atoms with E-state index in [2.05, 4.69) is 0 Å². The van der Waals surface area contributed by atoms with Crippen LogP contribution in [0.2, 0.25) is 0 Å². The van der Waals surface area contributed by atoms with E-state index in [-0.39, 0.29) is 17.3 Å². The Kier molecular flexibility index (Phi) is 3.59. The molecule has 0 aromatic heterocycles. The van der Waals surface area contributed by atoms with E-state index in [1.165, 1.54) is 25.0 Å². The zero-order valence-corrected chi connectivity index (χ0v) is 11.1. The van der Waals surface area contributed by atoms with Crippen molar-refractivity contribution in [2.45, 2.75) is 50.2 Å². The van der Waals surface area contributed by atoms with Gasteiger partial charge >= 0.3 is 0 Å². The molecular weight excluding hydrogens is 243 g/mol. The van der Waals surface area contributed by atoms with Gasteiger partial charge in [-0.15, -0.1) is 0 Å². The first-order chi connectivity index (χ1) is 9.19. The lowest BCUT2D eigenvalue weighted by atomic mass is 9.80. The summed E-state index contributed by atoms with van der Waals surface area (Å²) in [6, 6.07) is 6.22. The second kappa shape index (κ2) is 5.22. The lowest BCUT2D eigenvalue weighted by molar-refractivity contribution is -0.113. The molecule has 104 valence electrons. The molecular formula is C16H21FO2. The second-order valence-electron chi connectivity index (χ2n) is 5.99. The number of aliphatic hydroxyl groups is 1. The number of benzene rings is 1. The van der Waals surface area contributed by atoms with Crippen LogP contribution in [-0.4, -0.2) is 17.3 Å². The van der Waals surface area contributed by atoms with Crippen LogP contribution in [0, 0.1) is 11.7 Å². The molecule has 19 heavy (non-hydrogen) atoms. The van der Waals surface area contributed by atoms with Gasteiger partial charge < -0.3 is 9.84 Å². The molecule has 2 unspecified atom stereocenters. The highest BCUT2D eigenvalue weighted by Crippen LogP contribution is 2.45. The molecule has 2 aliphatic rings.